The molecule has 2 aromatic rings. The second kappa shape index (κ2) is 4.58. The number of nitriles is 1. The maximum atomic E-state index is 8.86. The van der Waals surface area contributed by atoms with Crippen LogP contribution in [0, 0.1) is 18.3 Å². The Kier molecular flexibility index (Phi) is 2.97. The zero-order valence-corrected chi connectivity index (χ0v) is 9.04. The Morgan fingerprint density at radius 1 is 1.44 bits per heavy atom. The smallest absolute Gasteiger partial charge is 0.0899 e. The van der Waals surface area contributed by atoms with Gasteiger partial charge in [0.15, 0.2) is 0 Å². The normalized spacial score (nSPS) is 12.0. The summed E-state index contributed by atoms with van der Waals surface area (Å²) in [6.45, 7) is 1.99. The summed E-state index contributed by atoms with van der Waals surface area (Å²) in [6, 6.07) is 6.00. The van der Waals surface area contributed by atoms with Gasteiger partial charge in [0.25, 0.3) is 0 Å². The van der Waals surface area contributed by atoms with E-state index in [9.17, 15) is 0 Å². The first-order valence-electron chi connectivity index (χ1n) is 5.09. The molecule has 0 saturated heterocycles. The lowest BCUT2D eigenvalue weighted by Crippen LogP contribution is -2.10. The highest BCUT2D eigenvalue weighted by molar-refractivity contribution is 5.18. The topological polar surface area (TPSA) is 54.5 Å². The van der Waals surface area contributed by atoms with Gasteiger partial charge in [0.2, 0.25) is 0 Å². The molecule has 0 aliphatic carbocycles. The standard InChI is InChI=1S/C12H12N4/c1-10-8-15-16(9-10)12(2-5-13)11-3-6-14-7-4-11/h3-4,6-9,12H,2H2,1H3. The van der Waals surface area contributed by atoms with Gasteiger partial charge in [-0.05, 0) is 30.2 Å². The van der Waals surface area contributed by atoms with Gasteiger partial charge >= 0.3 is 0 Å². The van der Waals surface area contributed by atoms with E-state index < -0.39 is 0 Å². The number of aryl methyl sites for hydroxylation is 1. The van der Waals surface area contributed by atoms with Crippen LogP contribution < -0.4 is 0 Å². The monoisotopic (exact) mass is 212 g/mol. The van der Waals surface area contributed by atoms with Gasteiger partial charge in [0.1, 0.15) is 0 Å². The lowest BCUT2D eigenvalue weighted by molar-refractivity contribution is 0.531. The summed E-state index contributed by atoms with van der Waals surface area (Å²) in [4.78, 5) is 3.97. The molecule has 0 fully saturated rings. The van der Waals surface area contributed by atoms with Crippen LogP contribution in [-0.2, 0) is 0 Å². The van der Waals surface area contributed by atoms with Gasteiger partial charge in [0.05, 0.1) is 24.7 Å². The summed E-state index contributed by atoms with van der Waals surface area (Å²) >= 11 is 0. The Morgan fingerprint density at radius 2 is 2.19 bits per heavy atom. The van der Waals surface area contributed by atoms with Crippen LogP contribution in [0.5, 0.6) is 0 Å². The number of nitrogens with zero attached hydrogens (tertiary/aromatic N) is 4. The van der Waals surface area contributed by atoms with Crippen LogP contribution in [0.3, 0.4) is 0 Å². The van der Waals surface area contributed by atoms with Crippen molar-refractivity contribution in [2.24, 2.45) is 0 Å². The molecular weight excluding hydrogens is 200 g/mol. The average molecular weight is 212 g/mol. The fourth-order valence-corrected chi connectivity index (χ4v) is 1.64. The molecule has 1 unspecified atom stereocenters. The van der Waals surface area contributed by atoms with E-state index in [1.165, 1.54) is 0 Å². The quantitative estimate of drug-likeness (QED) is 0.782. The van der Waals surface area contributed by atoms with Gasteiger partial charge in [-0.25, -0.2) is 0 Å². The number of hydrogen-bond donors (Lipinski definition) is 0. The Hall–Kier alpha value is -2.15. The molecule has 4 heteroatoms. The summed E-state index contributed by atoms with van der Waals surface area (Å²) in [5.74, 6) is 0. The third-order valence-electron chi connectivity index (χ3n) is 2.43. The molecule has 2 aromatic heterocycles. The van der Waals surface area contributed by atoms with Gasteiger partial charge in [0, 0.05) is 18.6 Å². The summed E-state index contributed by atoms with van der Waals surface area (Å²) in [6.07, 6.45) is 7.62. The van der Waals surface area contributed by atoms with Crippen LogP contribution in [0.25, 0.3) is 0 Å². The lowest BCUT2D eigenvalue weighted by Gasteiger charge is -2.14. The summed E-state index contributed by atoms with van der Waals surface area (Å²) in [5, 5.41) is 13.1. The van der Waals surface area contributed by atoms with Gasteiger partial charge in [-0.1, -0.05) is 0 Å². The Morgan fingerprint density at radius 3 is 2.75 bits per heavy atom. The first kappa shape index (κ1) is 10.4. The lowest BCUT2D eigenvalue weighted by atomic mass is 10.1. The molecule has 0 aromatic carbocycles. The SMILES string of the molecule is Cc1cnn(C(CC#N)c2ccncc2)c1. The van der Waals surface area contributed by atoms with Crippen molar-refractivity contribution >= 4 is 0 Å². The molecule has 0 amide bonds. The van der Waals surface area contributed by atoms with Crippen molar-refractivity contribution in [2.75, 3.05) is 0 Å². The Balaban J connectivity index is 2.35. The number of rotatable bonds is 3. The molecular formula is C12H12N4. The highest BCUT2D eigenvalue weighted by Crippen LogP contribution is 2.20. The molecule has 0 N–H and O–H groups in total. The second-order valence-electron chi connectivity index (χ2n) is 3.66. The predicted octanol–water partition coefficient (Wildman–Crippen LogP) is 2.09. The van der Waals surface area contributed by atoms with Gasteiger partial charge in [-0.2, -0.15) is 10.4 Å². The summed E-state index contributed by atoms with van der Waals surface area (Å²) < 4.78 is 1.83. The molecule has 2 rings (SSSR count). The molecule has 0 bridgehead atoms. The van der Waals surface area contributed by atoms with E-state index in [-0.39, 0.29) is 6.04 Å². The van der Waals surface area contributed by atoms with Crippen LogP contribution in [0.2, 0.25) is 0 Å². The van der Waals surface area contributed by atoms with E-state index >= 15 is 0 Å². The van der Waals surface area contributed by atoms with Crippen molar-refractivity contribution in [3.8, 4) is 6.07 Å². The minimum absolute atomic E-state index is 0.0262. The van der Waals surface area contributed by atoms with Crippen molar-refractivity contribution in [1.82, 2.24) is 14.8 Å². The van der Waals surface area contributed by atoms with Crippen molar-refractivity contribution in [2.45, 2.75) is 19.4 Å². The molecule has 0 aliphatic heterocycles. The van der Waals surface area contributed by atoms with E-state index in [4.69, 9.17) is 5.26 Å². The molecule has 4 nitrogen and oxygen atoms in total. The maximum Gasteiger partial charge on any atom is 0.0899 e. The molecule has 0 radical (unpaired) electrons. The summed E-state index contributed by atoms with van der Waals surface area (Å²) in [5.41, 5.74) is 2.15. The van der Waals surface area contributed by atoms with Gasteiger partial charge < -0.3 is 0 Å². The van der Waals surface area contributed by atoms with Crippen molar-refractivity contribution < 1.29 is 0 Å². The minimum atomic E-state index is -0.0262. The minimum Gasteiger partial charge on any atom is -0.265 e. The zero-order valence-electron chi connectivity index (χ0n) is 9.04. The zero-order chi connectivity index (χ0) is 11.4. The maximum absolute atomic E-state index is 8.86. The molecule has 0 saturated carbocycles. The average Bonchev–Trinajstić information content (AvgIpc) is 2.74. The first-order valence-corrected chi connectivity index (χ1v) is 5.09. The fraction of sp³-hybridized carbons (Fsp3) is 0.250. The fourth-order valence-electron chi connectivity index (χ4n) is 1.64. The van der Waals surface area contributed by atoms with Gasteiger partial charge in [-0.15, -0.1) is 0 Å². The Bertz CT molecular complexity index is 495. The number of hydrogen-bond acceptors (Lipinski definition) is 3. The highest BCUT2D eigenvalue weighted by Gasteiger charge is 2.13. The van der Waals surface area contributed by atoms with Crippen molar-refractivity contribution in [1.29, 1.82) is 5.26 Å². The molecule has 0 spiro atoms. The molecule has 2 heterocycles. The second-order valence-corrected chi connectivity index (χ2v) is 3.66. The van der Waals surface area contributed by atoms with Crippen molar-refractivity contribution in [3.05, 3.63) is 48.0 Å². The Labute approximate surface area is 94.2 Å². The van der Waals surface area contributed by atoms with Crippen LogP contribution in [0.1, 0.15) is 23.6 Å². The molecule has 0 aliphatic rings. The van der Waals surface area contributed by atoms with Crippen LogP contribution in [-0.4, -0.2) is 14.8 Å². The number of aromatic nitrogens is 3. The van der Waals surface area contributed by atoms with Crippen LogP contribution in [0.4, 0.5) is 0 Å². The van der Waals surface area contributed by atoms with Crippen LogP contribution in [0.15, 0.2) is 36.9 Å². The number of pyridine rings is 1. The van der Waals surface area contributed by atoms with Crippen molar-refractivity contribution in [3.63, 3.8) is 0 Å². The molecule has 80 valence electrons. The highest BCUT2D eigenvalue weighted by atomic mass is 15.3. The van der Waals surface area contributed by atoms with E-state index in [2.05, 4.69) is 16.2 Å². The van der Waals surface area contributed by atoms with Crippen LogP contribution >= 0.6 is 0 Å². The molecule has 16 heavy (non-hydrogen) atoms. The summed E-state index contributed by atoms with van der Waals surface area (Å²) in [7, 11) is 0. The van der Waals surface area contributed by atoms with E-state index in [0.717, 1.165) is 11.1 Å². The predicted molar refractivity (Wildman–Crippen MR) is 59.6 cm³/mol. The molecule has 1 atom stereocenters. The van der Waals surface area contributed by atoms with E-state index in [0.29, 0.717) is 6.42 Å². The third kappa shape index (κ3) is 2.09. The third-order valence-corrected chi connectivity index (χ3v) is 2.43. The first-order chi connectivity index (χ1) is 7.81. The van der Waals surface area contributed by atoms with E-state index in [1.54, 1.807) is 18.6 Å². The van der Waals surface area contributed by atoms with Gasteiger partial charge in [-0.3, -0.25) is 9.67 Å². The van der Waals surface area contributed by atoms with E-state index in [1.807, 2.05) is 29.9 Å². The largest absolute Gasteiger partial charge is 0.265 e.